The van der Waals surface area contributed by atoms with Gasteiger partial charge >= 0.3 is 0 Å². The summed E-state index contributed by atoms with van der Waals surface area (Å²) in [6, 6.07) is 9.05. The van der Waals surface area contributed by atoms with Crippen molar-refractivity contribution in [2.45, 2.75) is 25.6 Å². The summed E-state index contributed by atoms with van der Waals surface area (Å²) in [5.74, 6) is -1.95. The summed E-state index contributed by atoms with van der Waals surface area (Å²) >= 11 is 0.992. The highest BCUT2D eigenvalue weighted by Gasteiger charge is 2.25. The zero-order chi connectivity index (χ0) is 26.3. The van der Waals surface area contributed by atoms with Crippen molar-refractivity contribution in [3.05, 3.63) is 70.1 Å². The van der Waals surface area contributed by atoms with E-state index in [9.17, 15) is 23.9 Å². The van der Waals surface area contributed by atoms with E-state index in [4.69, 9.17) is 5.73 Å². The van der Waals surface area contributed by atoms with Crippen molar-refractivity contribution in [2.24, 2.45) is 5.73 Å². The van der Waals surface area contributed by atoms with Gasteiger partial charge in [0.1, 0.15) is 22.5 Å². The van der Waals surface area contributed by atoms with Gasteiger partial charge in [0.2, 0.25) is 0 Å². The Morgan fingerprint density at radius 2 is 1.89 bits per heavy atom. The third-order valence-corrected chi connectivity index (χ3v) is 9.71. The summed E-state index contributed by atoms with van der Waals surface area (Å²) in [6.07, 6.45) is 2.60. The average molecular weight is 535 g/mol. The van der Waals surface area contributed by atoms with Gasteiger partial charge in [0.15, 0.2) is 0 Å². The Balaban J connectivity index is 1.59. The number of carbonyl (C=O) groups is 1. The molecule has 4 N–H and O–H groups in total. The van der Waals surface area contributed by atoms with Crippen molar-refractivity contribution < 1.29 is 23.3 Å². The molecular weight excluding hydrogens is 505 g/mol. The smallest absolute Gasteiger partial charge is 0.251 e. The number of thiophene rings is 1. The van der Waals surface area contributed by atoms with Crippen LogP contribution < -0.4 is 11.1 Å². The molecule has 0 atom stereocenters. The summed E-state index contributed by atoms with van der Waals surface area (Å²) in [5.41, 5.74) is 4.92. The van der Waals surface area contributed by atoms with Crippen LogP contribution in [0.25, 0.3) is 10.4 Å². The molecule has 3 aromatic rings. The van der Waals surface area contributed by atoms with Crippen LogP contribution in [0.1, 0.15) is 35.5 Å². The van der Waals surface area contributed by atoms with Gasteiger partial charge in [-0.2, -0.15) is 0 Å². The number of nitrogens with one attached hydrogen (secondary N) is 1. The van der Waals surface area contributed by atoms with Crippen LogP contribution in [-0.2, 0) is 11.8 Å². The molecule has 1 saturated heterocycles. The lowest BCUT2D eigenvalue weighted by Gasteiger charge is -2.44. The van der Waals surface area contributed by atoms with Gasteiger partial charge < -0.3 is 26.0 Å². The molecule has 36 heavy (non-hydrogen) atoms. The van der Waals surface area contributed by atoms with E-state index in [2.05, 4.69) is 10.3 Å². The topological polar surface area (TPSA) is 111 Å². The van der Waals surface area contributed by atoms with Crippen molar-refractivity contribution >= 4 is 36.0 Å². The fourth-order valence-electron chi connectivity index (χ4n) is 4.02. The number of primary amides is 1. The van der Waals surface area contributed by atoms with Crippen LogP contribution in [0.4, 0.5) is 19.6 Å². The van der Waals surface area contributed by atoms with E-state index in [1.807, 2.05) is 12.1 Å². The quantitative estimate of drug-likeness (QED) is 0.222. The molecule has 1 fully saturated rings. The number of rotatable bonds is 7. The number of aliphatic hydroxyl groups is 1. The van der Waals surface area contributed by atoms with Crippen LogP contribution in [0.5, 0.6) is 0 Å². The minimum Gasteiger partial charge on any atom is -0.633 e. The van der Waals surface area contributed by atoms with Gasteiger partial charge in [0.05, 0.1) is 36.9 Å². The molecule has 1 aromatic carbocycles. The summed E-state index contributed by atoms with van der Waals surface area (Å²) < 4.78 is 29.6. The van der Waals surface area contributed by atoms with E-state index in [0.717, 1.165) is 47.6 Å². The molecule has 0 unspecified atom stereocenters. The fraction of sp³-hybridized carbons (Fsp3) is 0.360. The Hall–Kier alpha value is -2.49. The largest absolute Gasteiger partial charge is 0.633 e. The number of hydrogen-bond acceptors (Lipinski definition) is 6. The monoisotopic (exact) mass is 534 g/mol. The highest BCUT2D eigenvalue weighted by atomic mass is 32.1. The number of pyridine rings is 1. The van der Waals surface area contributed by atoms with Gasteiger partial charge in [-0.25, -0.2) is 13.8 Å². The first-order valence-corrected chi connectivity index (χ1v) is 14.2. The summed E-state index contributed by atoms with van der Waals surface area (Å²) in [6.45, 7) is 4.12. The van der Waals surface area contributed by atoms with E-state index in [-0.39, 0.29) is 34.1 Å². The van der Waals surface area contributed by atoms with Gasteiger partial charge in [-0.05, 0) is 49.7 Å². The lowest BCUT2D eigenvalue weighted by molar-refractivity contribution is -0.857. The molecule has 1 aliphatic rings. The molecule has 0 aliphatic carbocycles. The zero-order valence-corrected chi connectivity index (χ0v) is 22.1. The van der Waals surface area contributed by atoms with Crippen LogP contribution in [0.3, 0.4) is 0 Å². The molecule has 1 amide bonds. The SMILES string of the molecule is CC(C)(O)c1cc(F)c(-c2cc(C(N)=O)c(Nc3cccc(CP4CC[N+](C)([O-])CC4)n3)s2)c(F)c1. The average Bonchev–Trinajstić information content (AvgIpc) is 3.18. The van der Waals surface area contributed by atoms with Crippen LogP contribution in [0.15, 0.2) is 36.4 Å². The van der Waals surface area contributed by atoms with Gasteiger partial charge in [0, 0.05) is 29.1 Å². The number of hydroxylamine groups is 3. The Bertz CT molecular complexity index is 1260. The maximum atomic E-state index is 14.9. The fourth-order valence-corrected chi connectivity index (χ4v) is 7.73. The number of hydrogen-bond donors (Lipinski definition) is 3. The van der Waals surface area contributed by atoms with Crippen molar-refractivity contribution in [1.82, 2.24) is 4.98 Å². The zero-order valence-electron chi connectivity index (χ0n) is 20.3. The minimum absolute atomic E-state index is 0.0942. The van der Waals surface area contributed by atoms with Gasteiger partial charge in [0.25, 0.3) is 5.91 Å². The van der Waals surface area contributed by atoms with E-state index >= 15 is 0 Å². The number of anilines is 2. The van der Waals surface area contributed by atoms with Crippen molar-refractivity contribution in [3.63, 3.8) is 0 Å². The standard InChI is InChI=1S/C25H29F2N4O3PS/c1-25(2,33)15-11-18(26)22(19(27)12-15)20-13-17(23(28)32)24(36-20)30-21-6-4-5-16(29-21)14-35-9-7-31(3,34)8-10-35/h4-6,11-13,33H,7-10,14H2,1-3H3,(H2,28,32)(H,29,30). The number of quaternary nitrogens is 1. The molecule has 0 radical (unpaired) electrons. The van der Waals surface area contributed by atoms with Crippen molar-refractivity contribution in [1.29, 1.82) is 0 Å². The molecule has 1 aliphatic heterocycles. The number of benzene rings is 1. The predicted octanol–water partition coefficient (Wildman–Crippen LogP) is 5.10. The van der Waals surface area contributed by atoms with Gasteiger partial charge in [-0.1, -0.05) is 14.0 Å². The molecule has 3 heterocycles. The van der Waals surface area contributed by atoms with Crippen molar-refractivity contribution in [2.75, 3.05) is 37.8 Å². The molecular formula is C25H29F2N4O3PS. The number of nitrogens with two attached hydrogens (primary N) is 1. The number of amides is 1. The van der Waals surface area contributed by atoms with E-state index in [0.29, 0.717) is 23.9 Å². The Morgan fingerprint density at radius 1 is 1.25 bits per heavy atom. The highest BCUT2D eigenvalue weighted by molar-refractivity contribution is 7.56. The first kappa shape index (κ1) is 26.6. The Morgan fingerprint density at radius 3 is 2.47 bits per heavy atom. The number of nitrogens with zero attached hydrogens (tertiary/aromatic N) is 2. The van der Waals surface area contributed by atoms with Crippen LogP contribution in [0, 0.1) is 16.8 Å². The van der Waals surface area contributed by atoms with E-state index in [1.54, 1.807) is 13.1 Å². The molecule has 4 rings (SSSR count). The molecule has 0 saturated carbocycles. The lowest BCUT2D eigenvalue weighted by atomic mass is 9.96. The van der Waals surface area contributed by atoms with Gasteiger partial charge in [-0.15, -0.1) is 11.3 Å². The van der Waals surface area contributed by atoms with Crippen LogP contribution in [0.2, 0.25) is 0 Å². The second-order valence-electron chi connectivity index (χ2n) is 9.75. The number of halogens is 2. The first-order chi connectivity index (χ1) is 16.8. The maximum Gasteiger partial charge on any atom is 0.251 e. The maximum absolute atomic E-state index is 14.9. The highest BCUT2D eigenvalue weighted by Crippen LogP contribution is 2.43. The third kappa shape index (κ3) is 6.07. The normalized spacial score (nSPS) is 20.4. The number of aromatic nitrogens is 1. The van der Waals surface area contributed by atoms with Crippen LogP contribution in [-0.4, -0.2) is 53.1 Å². The Labute approximate surface area is 213 Å². The minimum atomic E-state index is -1.41. The van der Waals surface area contributed by atoms with E-state index < -0.39 is 23.1 Å². The summed E-state index contributed by atoms with van der Waals surface area (Å²) in [7, 11) is 1.39. The third-order valence-electron chi connectivity index (χ3n) is 6.20. The molecule has 11 heteroatoms. The Kier molecular flexibility index (Phi) is 7.46. The molecule has 0 spiro atoms. The summed E-state index contributed by atoms with van der Waals surface area (Å²) in [5, 5.41) is 25.6. The molecule has 0 bridgehead atoms. The lowest BCUT2D eigenvalue weighted by Crippen LogP contribution is -2.45. The first-order valence-electron chi connectivity index (χ1n) is 11.5. The second kappa shape index (κ2) is 10.1. The summed E-state index contributed by atoms with van der Waals surface area (Å²) in [4.78, 5) is 17.0. The van der Waals surface area contributed by atoms with Crippen LogP contribution >= 0.6 is 19.3 Å². The predicted molar refractivity (Wildman–Crippen MR) is 141 cm³/mol. The van der Waals surface area contributed by atoms with Crippen molar-refractivity contribution in [3.8, 4) is 10.4 Å². The molecule has 192 valence electrons. The number of carbonyl (C=O) groups excluding carboxylic acids is 1. The molecule has 7 nitrogen and oxygen atoms in total. The van der Waals surface area contributed by atoms with Gasteiger partial charge in [-0.3, -0.25) is 4.79 Å². The second-order valence-corrected chi connectivity index (χ2v) is 13.4. The van der Waals surface area contributed by atoms with E-state index in [1.165, 1.54) is 19.9 Å². The molecule has 2 aromatic heterocycles.